The van der Waals surface area contributed by atoms with Crippen LogP contribution in [0.3, 0.4) is 0 Å². The third kappa shape index (κ3) is 2.93. The van der Waals surface area contributed by atoms with Crippen molar-refractivity contribution in [1.82, 2.24) is 0 Å². The van der Waals surface area contributed by atoms with Crippen LogP contribution in [0, 0.1) is 0 Å². The van der Waals surface area contributed by atoms with Gasteiger partial charge in [0.15, 0.2) is 0 Å². The molecule has 0 fully saturated rings. The number of hydrogen-bond acceptors (Lipinski definition) is 3. The average Bonchev–Trinajstić information content (AvgIpc) is 2.15. The Morgan fingerprint density at radius 3 is 2.67 bits per heavy atom. The topological polar surface area (TPSA) is 27.7 Å². The fourth-order valence-electron chi connectivity index (χ4n) is 1.07. The highest BCUT2D eigenvalue weighted by Gasteiger charge is 2.15. The molecule has 2 atom stereocenters. The van der Waals surface area contributed by atoms with Gasteiger partial charge in [0.05, 0.1) is 0 Å². The second-order valence-corrected chi connectivity index (χ2v) is 2.86. The Labute approximate surface area is 73.2 Å². The summed E-state index contributed by atoms with van der Waals surface area (Å²) < 4.78 is 4.91. The zero-order valence-corrected chi connectivity index (χ0v) is 7.66. The van der Waals surface area contributed by atoms with Crippen molar-refractivity contribution in [3.63, 3.8) is 0 Å². The summed E-state index contributed by atoms with van der Waals surface area (Å²) >= 11 is 0. The molecule has 1 heterocycles. The van der Waals surface area contributed by atoms with Crippen LogP contribution in [0.25, 0.3) is 0 Å². The van der Waals surface area contributed by atoms with Gasteiger partial charge in [0.25, 0.3) is 0 Å². The van der Waals surface area contributed by atoms with E-state index in [1.165, 1.54) is 6.42 Å². The van der Waals surface area contributed by atoms with Crippen molar-refractivity contribution >= 4 is 0 Å². The third-order valence-electron chi connectivity index (χ3n) is 1.83. The zero-order valence-electron chi connectivity index (χ0n) is 7.66. The van der Waals surface area contributed by atoms with Gasteiger partial charge in [-0.05, 0) is 12.5 Å². The standard InChI is InChI=1S/C9H16O3/c1-3-4-5-8-6-7-9(10-2)12-11-8/h6-9H,3-5H2,1-2H3/t8-,9-/m1/s1. The van der Waals surface area contributed by atoms with Gasteiger partial charge in [0.1, 0.15) is 6.10 Å². The third-order valence-corrected chi connectivity index (χ3v) is 1.83. The van der Waals surface area contributed by atoms with Gasteiger partial charge in [-0.15, -0.1) is 0 Å². The SMILES string of the molecule is CCCC[C@@H]1C=C[C@H](OC)OO1. The number of methoxy groups -OCH3 is 1. The molecule has 70 valence electrons. The first-order valence-electron chi connectivity index (χ1n) is 4.40. The summed E-state index contributed by atoms with van der Waals surface area (Å²) in [6.45, 7) is 2.16. The fourth-order valence-corrected chi connectivity index (χ4v) is 1.07. The van der Waals surface area contributed by atoms with Gasteiger partial charge in [0.2, 0.25) is 6.29 Å². The normalized spacial score (nSPS) is 29.2. The first-order chi connectivity index (χ1) is 5.86. The van der Waals surface area contributed by atoms with E-state index >= 15 is 0 Å². The van der Waals surface area contributed by atoms with Crippen LogP contribution < -0.4 is 0 Å². The first kappa shape index (κ1) is 9.71. The summed E-state index contributed by atoms with van der Waals surface area (Å²) in [5.41, 5.74) is 0. The van der Waals surface area contributed by atoms with Gasteiger partial charge >= 0.3 is 0 Å². The van der Waals surface area contributed by atoms with Gasteiger partial charge in [-0.25, -0.2) is 4.89 Å². The van der Waals surface area contributed by atoms with E-state index in [1.54, 1.807) is 7.11 Å². The van der Waals surface area contributed by atoms with Crippen molar-refractivity contribution in [2.24, 2.45) is 0 Å². The highest BCUT2D eigenvalue weighted by atomic mass is 17.2. The maximum absolute atomic E-state index is 5.07. The van der Waals surface area contributed by atoms with E-state index in [0.717, 1.165) is 12.8 Å². The van der Waals surface area contributed by atoms with E-state index in [4.69, 9.17) is 14.5 Å². The number of rotatable bonds is 4. The Morgan fingerprint density at radius 2 is 2.17 bits per heavy atom. The van der Waals surface area contributed by atoms with E-state index < -0.39 is 0 Å². The average molecular weight is 172 g/mol. The minimum Gasteiger partial charge on any atom is -0.350 e. The summed E-state index contributed by atoms with van der Waals surface area (Å²) in [5, 5.41) is 0. The maximum Gasteiger partial charge on any atom is 0.210 e. The van der Waals surface area contributed by atoms with Crippen molar-refractivity contribution in [3.8, 4) is 0 Å². The Morgan fingerprint density at radius 1 is 1.33 bits per heavy atom. The lowest BCUT2D eigenvalue weighted by Gasteiger charge is -2.21. The molecule has 3 nitrogen and oxygen atoms in total. The molecule has 0 unspecified atom stereocenters. The van der Waals surface area contributed by atoms with Crippen LogP contribution in [0.4, 0.5) is 0 Å². The van der Waals surface area contributed by atoms with E-state index in [-0.39, 0.29) is 12.4 Å². The molecule has 0 saturated carbocycles. The fraction of sp³-hybridized carbons (Fsp3) is 0.778. The minimum absolute atomic E-state index is 0.108. The molecule has 0 aliphatic carbocycles. The Hall–Kier alpha value is -0.380. The van der Waals surface area contributed by atoms with E-state index in [2.05, 4.69) is 6.92 Å². The second-order valence-electron chi connectivity index (χ2n) is 2.86. The molecule has 0 amide bonds. The monoisotopic (exact) mass is 172 g/mol. The molecule has 0 aromatic rings. The van der Waals surface area contributed by atoms with Crippen molar-refractivity contribution in [2.75, 3.05) is 7.11 Å². The molecule has 1 aliphatic heterocycles. The van der Waals surface area contributed by atoms with E-state index in [0.29, 0.717) is 0 Å². The summed E-state index contributed by atoms with van der Waals surface area (Å²) in [6, 6.07) is 0. The molecular formula is C9H16O3. The van der Waals surface area contributed by atoms with Crippen LogP contribution in [0.1, 0.15) is 26.2 Å². The summed E-state index contributed by atoms with van der Waals surface area (Å²) in [6.07, 6.45) is 7.01. The molecule has 0 saturated heterocycles. The zero-order chi connectivity index (χ0) is 8.81. The van der Waals surface area contributed by atoms with Gasteiger partial charge < -0.3 is 4.74 Å². The molecular weight excluding hydrogens is 156 g/mol. The molecule has 0 radical (unpaired) electrons. The van der Waals surface area contributed by atoms with Crippen molar-refractivity contribution in [1.29, 1.82) is 0 Å². The number of hydrogen-bond donors (Lipinski definition) is 0. The maximum atomic E-state index is 5.07. The summed E-state index contributed by atoms with van der Waals surface area (Å²) in [7, 11) is 1.59. The molecule has 0 aromatic carbocycles. The van der Waals surface area contributed by atoms with E-state index in [1.807, 2.05) is 12.2 Å². The lowest BCUT2D eigenvalue weighted by atomic mass is 10.1. The van der Waals surface area contributed by atoms with Gasteiger partial charge in [-0.3, -0.25) is 0 Å². The number of unbranched alkanes of at least 4 members (excludes halogenated alkanes) is 1. The van der Waals surface area contributed by atoms with Crippen LogP contribution >= 0.6 is 0 Å². The molecule has 1 aliphatic rings. The smallest absolute Gasteiger partial charge is 0.210 e. The highest BCUT2D eigenvalue weighted by Crippen LogP contribution is 2.14. The second kappa shape index (κ2) is 5.30. The summed E-state index contributed by atoms with van der Waals surface area (Å²) in [4.78, 5) is 10.00. The Kier molecular flexibility index (Phi) is 4.29. The van der Waals surface area contributed by atoms with Crippen molar-refractivity contribution in [2.45, 2.75) is 38.6 Å². The largest absolute Gasteiger partial charge is 0.350 e. The van der Waals surface area contributed by atoms with Gasteiger partial charge in [-0.1, -0.05) is 25.8 Å². The molecule has 1 rings (SSSR count). The highest BCUT2D eigenvalue weighted by molar-refractivity contribution is 4.93. The van der Waals surface area contributed by atoms with Gasteiger partial charge in [-0.2, -0.15) is 4.89 Å². The van der Waals surface area contributed by atoms with Crippen LogP contribution in [0.15, 0.2) is 12.2 Å². The predicted molar refractivity (Wildman–Crippen MR) is 45.4 cm³/mol. The van der Waals surface area contributed by atoms with Crippen LogP contribution in [-0.2, 0) is 14.5 Å². The lowest BCUT2D eigenvalue weighted by Crippen LogP contribution is -2.23. The van der Waals surface area contributed by atoms with Crippen LogP contribution in [0.5, 0.6) is 0 Å². The minimum atomic E-state index is -0.331. The van der Waals surface area contributed by atoms with Crippen molar-refractivity contribution in [3.05, 3.63) is 12.2 Å². The molecule has 0 spiro atoms. The summed E-state index contributed by atoms with van der Waals surface area (Å²) in [5.74, 6) is 0. The Bertz CT molecular complexity index is 145. The Balaban J connectivity index is 2.23. The molecule has 3 heteroatoms. The van der Waals surface area contributed by atoms with Crippen LogP contribution in [-0.4, -0.2) is 19.5 Å². The van der Waals surface area contributed by atoms with Gasteiger partial charge in [0, 0.05) is 7.11 Å². The molecule has 0 aromatic heterocycles. The van der Waals surface area contributed by atoms with Crippen LogP contribution in [0.2, 0.25) is 0 Å². The molecule has 0 bridgehead atoms. The van der Waals surface area contributed by atoms with E-state index in [9.17, 15) is 0 Å². The van der Waals surface area contributed by atoms with Crippen molar-refractivity contribution < 1.29 is 14.5 Å². The molecule has 0 N–H and O–H groups in total. The first-order valence-corrected chi connectivity index (χ1v) is 4.40. The number of ether oxygens (including phenoxy) is 1. The lowest BCUT2D eigenvalue weighted by molar-refractivity contribution is -0.383. The quantitative estimate of drug-likeness (QED) is 0.479. The molecule has 12 heavy (non-hydrogen) atoms. The predicted octanol–water partition coefficient (Wildman–Crippen LogP) is 2.04.